The van der Waals surface area contributed by atoms with Crippen molar-refractivity contribution < 1.29 is 19.1 Å². The average Bonchev–Trinajstić information content (AvgIpc) is 2.87. The molecule has 0 saturated carbocycles. The Morgan fingerprint density at radius 3 is 2.47 bits per heavy atom. The van der Waals surface area contributed by atoms with Crippen molar-refractivity contribution in [1.29, 1.82) is 0 Å². The van der Waals surface area contributed by atoms with Crippen LogP contribution in [-0.4, -0.2) is 17.2 Å². The van der Waals surface area contributed by atoms with Gasteiger partial charge in [0.25, 0.3) is 0 Å². The largest absolute Gasteiger partial charge is 0.450 e. The number of rotatable bonds is 4. The lowest BCUT2D eigenvalue weighted by Crippen LogP contribution is -2.11. The molecule has 1 atom stereocenters. The number of aliphatic hydroxyl groups excluding tert-OH is 1. The van der Waals surface area contributed by atoms with E-state index in [2.05, 4.69) is 0 Å². The minimum Gasteiger partial charge on any atom is -0.450 e. The molecule has 4 nitrogen and oxygen atoms in total. The third-order valence-corrected chi connectivity index (χ3v) is 2.35. The Hall–Kier alpha value is -2.20. The van der Waals surface area contributed by atoms with Crippen LogP contribution >= 0.6 is 0 Å². The second-order valence-corrected chi connectivity index (χ2v) is 3.50. The van der Waals surface area contributed by atoms with E-state index in [4.69, 9.17) is 4.42 Å². The van der Waals surface area contributed by atoms with Gasteiger partial charge in [-0.3, -0.25) is 9.59 Å². The van der Waals surface area contributed by atoms with E-state index in [9.17, 15) is 14.7 Å². The molecule has 1 aromatic carbocycles. The summed E-state index contributed by atoms with van der Waals surface area (Å²) in [5.74, 6) is -0.527. The highest BCUT2D eigenvalue weighted by atomic mass is 16.4. The van der Waals surface area contributed by atoms with E-state index < -0.39 is 11.9 Å². The molecule has 1 N–H and O–H groups in total. The number of aldehydes is 1. The number of carbonyl (C=O) groups excluding carboxylic acids is 2. The number of carbonyl (C=O) groups is 2. The highest BCUT2D eigenvalue weighted by Crippen LogP contribution is 2.19. The molecule has 86 valence electrons. The molecule has 0 bridgehead atoms. The van der Waals surface area contributed by atoms with Crippen LogP contribution in [0, 0.1) is 0 Å². The van der Waals surface area contributed by atoms with E-state index in [1.54, 1.807) is 30.3 Å². The number of furan rings is 1. The van der Waals surface area contributed by atoms with Gasteiger partial charge in [0.15, 0.2) is 17.8 Å². The second kappa shape index (κ2) is 4.76. The maximum Gasteiger partial charge on any atom is 0.230 e. The lowest BCUT2D eigenvalue weighted by Gasteiger charge is -2.07. The molecule has 0 spiro atoms. The predicted octanol–water partition coefficient (Wildman–Crippen LogP) is 2.01. The van der Waals surface area contributed by atoms with E-state index in [0.717, 1.165) is 0 Å². The van der Waals surface area contributed by atoms with Gasteiger partial charge in [-0.25, -0.2) is 0 Å². The smallest absolute Gasteiger partial charge is 0.230 e. The molecule has 0 aliphatic heterocycles. The Kier molecular flexibility index (Phi) is 3.16. The van der Waals surface area contributed by atoms with Crippen LogP contribution in [0.2, 0.25) is 0 Å². The maximum absolute atomic E-state index is 11.8. The van der Waals surface area contributed by atoms with Crippen molar-refractivity contribution in [2.24, 2.45) is 0 Å². The first-order chi connectivity index (χ1) is 8.22. The van der Waals surface area contributed by atoms with Crippen molar-refractivity contribution >= 4 is 12.1 Å². The van der Waals surface area contributed by atoms with Crippen LogP contribution in [0.5, 0.6) is 0 Å². The third-order valence-electron chi connectivity index (χ3n) is 2.35. The molecular formula is C13H10O4. The van der Waals surface area contributed by atoms with Crippen LogP contribution < -0.4 is 0 Å². The quantitative estimate of drug-likeness (QED) is 0.644. The van der Waals surface area contributed by atoms with Gasteiger partial charge in [0.05, 0.1) is 0 Å². The van der Waals surface area contributed by atoms with Gasteiger partial charge in [0.2, 0.25) is 5.78 Å². The van der Waals surface area contributed by atoms with E-state index in [0.29, 0.717) is 11.8 Å². The van der Waals surface area contributed by atoms with Gasteiger partial charge >= 0.3 is 0 Å². The fourth-order valence-electron chi connectivity index (χ4n) is 1.47. The predicted molar refractivity (Wildman–Crippen MR) is 59.8 cm³/mol. The van der Waals surface area contributed by atoms with Crippen LogP contribution in [0.25, 0.3) is 0 Å². The Morgan fingerprint density at radius 1 is 1.18 bits per heavy atom. The lowest BCUT2D eigenvalue weighted by molar-refractivity contribution is 0.0716. The van der Waals surface area contributed by atoms with Gasteiger partial charge < -0.3 is 9.52 Å². The van der Waals surface area contributed by atoms with Crippen LogP contribution in [-0.2, 0) is 0 Å². The standard InChI is InChI=1S/C13H10O4/c14-8-10-6-7-11(17-10)13(16)12(15)9-4-2-1-3-5-9/h1-8,12,15H. The zero-order valence-corrected chi connectivity index (χ0v) is 8.87. The summed E-state index contributed by atoms with van der Waals surface area (Å²) in [5, 5.41) is 9.83. The Bertz CT molecular complexity index is 527. The Morgan fingerprint density at radius 2 is 1.88 bits per heavy atom. The average molecular weight is 230 g/mol. The molecule has 1 aromatic heterocycles. The molecule has 2 rings (SSSR count). The fraction of sp³-hybridized carbons (Fsp3) is 0.0769. The van der Waals surface area contributed by atoms with Crippen molar-refractivity contribution in [2.75, 3.05) is 0 Å². The minimum absolute atomic E-state index is 0.0246. The molecule has 0 amide bonds. The van der Waals surface area contributed by atoms with E-state index in [-0.39, 0.29) is 11.5 Å². The molecule has 1 heterocycles. The Balaban J connectivity index is 2.23. The molecule has 4 heteroatoms. The number of ketones is 1. The summed E-state index contributed by atoms with van der Waals surface area (Å²) in [4.78, 5) is 22.2. The minimum atomic E-state index is -1.28. The van der Waals surface area contributed by atoms with Crippen molar-refractivity contribution in [3.63, 3.8) is 0 Å². The highest BCUT2D eigenvalue weighted by molar-refractivity contribution is 5.98. The van der Waals surface area contributed by atoms with E-state index in [1.807, 2.05) is 0 Å². The van der Waals surface area contributed by atoms with Gasteiger partial charge in [-0.05, 0) is 17.7 Å². The molecule has 0 aliphatic carbocycles. The first-order valence-corrected chi connectivity index (χ1v) is 5.04. The monoisotopic (exact) mass is 230 g/mol. The normalized spacial score (nSPS) is 12.1. The van der Waals surface area contributed by atoms with Crippen molar-refractivity contribution in [3.05, 3.63) is 59.5 Å². The van der Waals surface area contributed by atoms with Gasteiger partial charge in [0.1, 0.15) is 6.10 Å². The second-order valence-electron chi connectivity index (χ2n) is 3.50. The summed E-state index contributed by atoms with van der Waals surface area (Å²) in [7, 11) is 0. The van der Waals surface area contributed by atoms with Gasteiger partial charge in [-0.2, -0.15) is 0 Å². The van der Waals surface area contributed by atoms with Crippen LogP contribution in [0.1, 0.15) is 32.8 Å². The first-order valence-electron chi connectivity index (χ1n) is 5.04. The third kappa shape index (κ3) is 2.32. The van der Waals surface area contributed by atoms with Crippen molar-refractivity contribution in [1.82, 2.24) is 0 Å². The number of aliphatic hydroxyl groups is 1. The molecule has 0 fully saturated rings. The number of hydrogen-bond acceptors (Lipinski definition) is 4. The number of Topliss-reactive ketones (excluding diaryl/α,β-unsaturated/α-hetero) is 1. The topological polar surface area (TPSA) is 67.5 Å². The van der Waals surface area contributed by atoms with Crippen molar-refractivity contribution in [3.8, 4) is 0 Å². The first kappa shape index (κ1) is 11.3. The molecular weight excluding hydrogens is 220 g/mol. The molecule has 1 unspecified atom stereocenters. The van der Waals surface area contributed by atoms with Crippen LogP contribution in [0.4, 0.5) is 0 Å². The Labute approximate surface area is 97.5 Å². The molecule has 0 aliphatic rings. The SMILES string of the molecule is O=Cc1ccc(C(=O)C(O)c2ccccc2)o1. The zero-order chi connectivity index (χ0) is 12.3. The molecule has 17 heavy (non-hydrogen) atoms. The van der Waals surface area contributed by atoms with Gasteiger partial charge in [-0.15, -0.1) is 0 Å². The van der Waals surface area contributed by atoms with Crippen LogP contribution in [0.3, 0.4) is 0 Å². The molecule has 0 saturated heterocycles. The number of hydrogen-bond donors (Lipinski definition) is 1. The van der Waals surface area contributed by atoms with Gasteiger partial charge in [-0.1, -0.05) is 30.3 Å². The summed E-state index contributed by atoms with van der Waals surface area (Å²) in [6, 6.07) is 11.3. The fourth-order valence-corrected chi connectivity index (χ4v) is 1.47. The summed E-state index contributed by atoms with van der Waals surface area (Å²) in [6.45, 7) is 0. The maximum atomic E-state index is 11.8. The summed E-state index contributed by atoms with van der Waals surface area (Å²) >= 11 is 0. The summed E-state index contributed by atoms with van der Waals surface area (Å²) in [5.41, 5.74) is 0.488. The van der Waals surface area contributed by atoms with E-state index >= 15 is 0 Å². The van der Waals surface area contributed by atoms with Gasteiger partial charge in [0, 0.05) is 0 Å². The summed E-state index contributed by atoms with van der Waals surface area (Å²) in [6.07, 6.45) is -0.770. The van der Waals surface area contributed by atoms with Crippen molar-refractivity contribution in [2.45, 2.75) is 6.10 Å². The highest BCUT2D eigenvalue weighted by Gasteiger charge is 2.21. The van der Waals surface area contributed by atoms with E-state index in [1.165, 1.54) is 12.1 Å². The molecule has 2 aromatic rings. The number of benzene rings is 1. The van der Waals surface area contributed by atoms with Crippen LogP contribution in [0.15, 0.2) is 46.9 Å². The lowest BCUT2D eigenvalue weighted by atomic mass is 10.0. The zero-order valence-electron chi connectivity index (χ0n) is 8.87. The molecule has 0 radical (unpaired) electrons. The summed E-state index contributed by atoms with van der Waals surface area (Å²) < 4.78 is 4.96.